The molecule has 0 atom stereocenters. The summed E-state index contributed by atoms with van der Waals surface area (Å²) < 4.78 is 31.5. The molecule has 5 saturated carbocycles. The Bertz CT molecular complexity index is 1190. The number of nitrogens with one attached hydrogen (secondary N) is 1. The van der Waals surface area contributed by atoms with Crippen LogP contribution in [0.5, 0.6) is 5.75 Å². The van der Waals surface area contributed by atoms with E-state index in [1.807, 2.05) is 11.9 Å². The van der Waals surface area contributed by atoms with Crippen LogP contribution in [0.2, 0.25) is 0 Å². The summed E-state index contributed by atoms with van der Waals surface area (Å²) >= 11 is 0. The fourth-order valence-electron chi connectivity index (χ4n) is 8.72. The van der Waals surface area contributed by atoms with E-state index >= 15 is 0 Å². The molecule has 40 heavy (non-hydrogen) atoms. The fraction of sp³-hybridized carbons (Fsp3) is 0.733. The lowest BCUT2D eigenvalue weighted by molar-refractivity contribution is -0.156. The van der Waals surface area contributed by atoms with Gasteiger partial charge in [0.2, 0.25) is 5.91 Å². The van der Waals surface area contributed by atoms with E-state index in [4.69, 9.17) is 4.74 Å². The highest BCUT2D eigenvalue weighted by Gasteiger charge is 2.56. The third-order valence-corrected chi connectivity index (χ3v) is 13.1. The number of hydroxylamine groups is 1. The Balaban J connectivity index is 1.02. The average Bonchev–Trinajstić information content (AvgIpc) is 3.79. The second-order valence-corrected chi connectivity index (χ2v) is 15.6. The Morgan fingerprint density at radius 3 is 2.12 bits per heavy atom. The number of piperidine rings is 1. The van der Waals surface area contributed by atoms with E-state index in [1.54, 1.807) is 17.6 Å². The van der Waals surface area contributed by atoms with Crippen LogP contribution in [0.1, 0.15) is 70.6 Å². The molecule has 7 rings (SSSR count). The first-order valence-corrected chi connectivity index (χ1v) is 16.6. The molecule has 1 saturated heterocycles. The number of amides is 2. The lowest BCUT2D eigenvalue weighted by atomic mass is 9.49. The van der Waals surface area contributed by atoms with Gasteiger partial charge in [0.25, 0.3) is 5.91 Å². The van der Waals surface area contributed by atoms with Crippen molar-refractivity contribution in [3.05, 3.63) is 24.3 Å². The summed E-state index contributed by atoms with van der Waals surface area (Å²) in [6.45, 7) is 2.07. The molecule has 1 aliphatic heterocycles. The van der Waals surface area contributed by atoms with Crippen LogP contribution in [0, 0.1) is 23.2 Å². The Labute approximate surface area is 237 Å². The maximum atomic E-state index is 13.7. The monoisotopic (exact) mass is 573 g/mol. The van der Waals surface area contributed by atoms with E-state index in [0.717, 1.165) is 49.9 Å². The number of rotatable bonds is 10. The highest BCUT2D eigenvalue weighted by atomic mass is 32.2. The molecular formula is C30H43N3O6S. The van der Waals surface area contributed by atoms with Gasteiger partial charge in [0.15, 0.2) is 14.6 Å². The summed E-state index contributed by atoms with van der Waals surface area (Å²) in [5.74, 6) is 2.20. The van der Waals surface area contributed by atoms with Crippen LogP contribution in [0.15, 0.2) is 29.2 Å². The van der Waals surface area contributed by atoms with Crippen LogP contribution in [0.25, 0.3) is 0 Å². The van der Waals surface area contributed by atoms with E-state index < -0.39 is 20.5 Å². The number of hydrogen-bond acceptors (Lipinski definition) is 7. The average molecular weight is 574 g/mol. The van der Waals surface area contributed by atoms with Crippen LogP contribution < -0.4 is 10.2 Å². The summed E-state index contributed by atoms with van der Waals surface area (Å²) in [5, 5.41) is 9.40. The summed E-state index contributed by atoms with van der Waals surface area (Å²) in [6, 6.07) is 6.67. The van der Waals surface area contributed by atoms with Crippen molar-refractivity contribution in [2.24, 2.45) is 23.2 Å². The van der Waals surface area contributed by atoms with Gasteiger partial charge in [-0.1, -0.05) is 0 Å². The minimum Gasteiger partial charge on any atom is -0.494 e. The molecule has 9 nitrogen and oxygen atoms in total. The number of carbonyl (C=O) groups excluding carboxylic acids is 2. The van der Waals surface area contributed by atoms with Gasteiger partial charge in [-0.15, -0.1) is 0 Å². The molecule has 1 heterocycles. The normalized spacial score (nSPS) is 31.1. The molecule has 2 N–H and O–H groups in total. The zero-order valence-electron chi connectivity index (χ0n) is 23.5. The van der Waals surface area contributed by atoms with Gasteiger partial charge in [0.05, 0.1) is 16.9 Å². The van der Waals surface area contributed by atoms with Crippen LogP contribution in [-0.4, -0.2) is 79.3 Å². The molecule has 0 radical (unpaired) electrons. The van der Waals surface area contributed by atoms with Gasteiger partial charge in [-0.05, 0) is 113 Å². The summed E-state index contributed by atoms with van der Waals surface area (Å²) in [4.78, 5) is 30.3. The molecule has 6 fully saturated rings. The van der Waals surface area contributed by atoms with Crippen molar-refractivity contribution in [3.8, 4) is 5.75 Å². The van der Waals surface area contributed by atoms with Gasteiger partial charge in [-0.2, -0.15) is 0 Å². The van der Waals surface area contributed by atoms with Crippen molar-refractivity contribution in [2.75, 3.05) is 33.3 Å². The van der Waals surface area contributed by atoms with E-state index in [9.17, 15) is 23.2 Å². The number of hydrogen-bond donors (Lipinski definition) is 2. The van der Waals surface area contributed by atoms with Gasteiger partial charge >= 0.3 is 0 Å². The summed E-state index contributed by atoms with van der Waals surface area (Å²) in [5.41, 5.74) is 1.49. The van der Waals surface area contributed by atoms with Crippen molar-refractivity contribution in [2.45, 2.75) is 86.3 Å². The minimum atomic E-state index is -4.04. The highest BCUT2D eigenvalue weighted by molar-refractivity contribution is 7.93. The molecule has 0 aromatic heterocycles. The van der Waals surface area contributed by atoms with E-state index in [2.05, 4.69) is 4.90 Å². The minimum absolute atomic E-state index is 0.0456. The lowest BCUT2D eigenvalue weighted by Gasteiger charge is -2.56. The molecule has 220 valence electrons. The van der Waals surface area contributed by atoms with Crippen LogP contribution >= 0.6 is 0 Å². The quantitative estimate of drug-likeness (QED) is 0.250. The molecular weight excluding hydrogens is 530 g/mol. The Kier molecular flexibility index (Phi) is 7.40. The molecule has 10 heteroatoms. The number of carbonyl (C=O) groups is 2. The van der Waals surface area contributed by atoms with Gasteiger partial charge in [0.1, 0.15) is 5.75 Å². The van der Waals surface area contributed by atoms with Crippen molar-refractivity contribution < 1.29 is 28.0 Å². The maximum Gasteiger partial charge on any atom is 0.265 e. The molecule has 0 spiro atoms. The smallest absolute Gasteiger partial charge is 0.265 e. The number of benzene rings is 1. The zero-order valence-corrected chi connectivity index (χ0v) is 24.3. The number of likely N-dealkylation sites (tertiary alicyclic amines) is 1. The van der Waals surface area contributed by atoms with Crippen LogP contribution in [0.4, 0.5) is 0 Å². The molecule has 2 amide bonds. The van der Waals surface area contributed by atoms with Gasteiger partial charge < -0.3 is 14.5 Å². The van der Waals surface area contributed by atoms with Gasteiger partial charge in [-0.3, -0.25) is 14.8 Å². The number of nitrogens with zero attached hydrogens (tertiary/aromatic N) is 2. The predicted molar refractivity (Wildman–Crippen MR) is 148 cm³/mol. The van der Waals surface area contributed by atoms with Crippen molar-refractivity contribution in [1.29, 1.82) is 0 Å². The fourth-order valence-corrected chi connectivity index (χ4v) is 10.7. The molecule has 6 aliphatic rings. The predicted octanol–water partition coefficient (Wildman–Crippen LogP) is 3.41. The van der Waals surface area contributed by atoms with E-state index in [0.29, 0.717) is 50.4 Å². The zero-order chi connectivity index (χ0) is 28.1. The lowest BCUT2D eigenvalue weighted by Crippen LogP contribution is -2.58. The van der Waals surface area contributed by atoms with Crippen LogP contribution in [-0.2, 0) is 19.4 Å². The van der Waals surface area contributed by atoms with Crippen molar-refractivity contribution in [1.82, 2.24) is 15.3 Å². The molecule has 0 unspecified atom stereocenters. The molecule has 4 bridgehead atoms. The number of sulfone groups is 1. The van der Waals surface area contributed by atoms with E-state index in [1.165, 1.54) is 31.4 Å². The summed E-state index contributed by atoms with van der Waals surface area (Å²) in [6.07, 6.45) is 10.3. The SMILES string of the molecule is CN(CCCOc1ccc(S(=O)(=O)C2(C(=O)NO)CCN(C3CC3)CC2)cc1)C(=O)C12CC3CC(CC(C3)C1)C2. The Morgan fingerprint density at radius 1 is 1.02 bits per heavy atom. The van der Waals surface area contributed by atoms with E-state index in [-0.39, 0.29) is 23.2 Å². The molecule has 5 aliphatic carbocycles. The summed E-state index contributed by atoms with van der Waals surface area (Å²) in [7, 11) is -2.13. The second kappa shape index (κ2) is 10.6. The number of ether oxygens (including phenoxy) is 1. The molecule has 1 aromatic rings. The second-order valence-electron chi connectivity index (χ2n) is 13.3. The Morgan fingerprint density at radius 2 is 1.60 bits per heavy atom. The first-order valence-electron chi connectivity index (χ1n) is 15.1. The standard InChI is InChI=1S/C30H43N3O6S/c1-32(28(35)29-18-21-15-22(19-29)17-23(16-21)20-29)11-2-14-39-25-5-7-26(8-6-25)40(37,38)30(27(34)31-36)9-12-33(13-10-30)24-3-4-24/h5-8,21-24,36H,2-4,9-20H2,1H3,(H,31,34). The topological polar surface area (TPSA) is 116 Å². The van der Waals surface area contributed by atoms with Crippen molar-refractivity contribution >= 4 is 21.7 Å². The highest BCUT2D eigenvalue weighted by Crippen LogP contribution is 2.60. The van der Waals surface area contributed by atoms with Gasteiger partial charge in [-0.25, -0.2) is 13.9 Å². The van der Waals surface area contributed by atoms with Gasteiger partial charge in [0, 0.05) is 32.7 Å². The largest absolute Gasteiger partial charge is 0.494 e. The molecule has 1 aromatic carbocycles. The van der Waals surface area contributed by atoms with Crippen LogP contribution in [0.3, 0.4) is 0 Å². The first-order chi connectivity index (χ1) is 19.2. The van der Waals surface area contributed by atoms with Crippen molar-refractivity contribution in [3.63, 3.8) is 0 Å². The third kappa shape index (κ3) is 4.94. The first kappa shape index (κ1) is 28.0. The third-order valence-electron chi connectivity index (χ3n) is 10.6. The Hall–Kier alpha value is -2.17. The maximum absolute atomic E-state index is 13.7.